The lowest BCUT2D eigenvalue weighted by molar-refractivity contribution is 0.300. The number of hydrogen-bond acceptors (Lipinski definition) is 3. The molecule has 0 atom stereocenters. The van der Waals surface area contributed by atoms with Crippen molar-refractivity contribution in [2.24, 2.45) is 0 Å². The van der Waals surface area contributed by atoms with Crippen LogP contribution in [0.4, 0.5) is 0 Å². The number of rotatable bonds is 3. The van der Waals surface area contributed by atoms with E-state index in [1.807, 2.05) is 12.4 Å². The first-order chi connectivity index (χ1) is 8.79. The highest BCUT2D eigenvalue weighted by Gasteiger charge is 2.13. The number of nitrogens with zero attached hydrogens (tertiary/aromatic N) is 2. The van der Waals surface area contributed by atoms with E-state index in [2.05, 4.69) is 40.6 Å². The summed E-state index contributed by atoms with van der Waals surface area (Å²) in [5.74, 6) is 0. The van der Waals surface area contributed by atoms with Crippen LogP contribution in [0.2, 0.25) is 0 Å². The van der Waals surface area contributed by atoms with Gasteiger partial charge >= 0.3 is 0 Å². The van der Waals surface area contributed by atoms with Gasteiger partial charge in [0, 0.05) is 30.3 Å². The highest BCUT2D eigenvalue weighted by atomic mass is 32.1. The molecule has 0 bridgehead atoms. The van der Waals surface area contributed by atoms with Crippen molar-refractivity contribution in [1.82, 2.24) is 9.38 Å². The maximum Gasteiger partial charge on any atom is 0.194 e. The van der Waals surface area contributed by atoms with Crippen LogP contribution in [-0.2, 0) is 6.42 Å². The molecule has 92 valence electrons. The molecule has 18 heavy (non-hydrogen) atoms. The Kier molecular flexibility index (Phi) is 2.89. The summed E-state index contributed by atoms with van der Waals surface area (Å²) in [7, 11) is 0. The summed E-state index contributed by atoms with van der Waals surface area (Å²) in [5, 5.41) is 9.17. The number of imidazole rings is 1. The zero-order chi connectivity index (χ0) is 12.5. The molecule has 1 aromatic carbocycles. The molecular weight excluding hydrogens is 244 g/mol. The predicted octanol–water partition coefficient (Wildman–Crippen LogP) is 2.91. The van der Waals surface area contributed by atoms with Crippen LogP contribution in [-0.4, -0.2) is 21.1 Å². The van der Waals surface area contributed by atoms with Gasteiger partial charge in [0.2, 0.25) is 0 Å². The topological polar surface area (TPSA) is 37.5 Å². The van der Waals surface area contributed by atoms with E-state index in [0.29, 0.717) is 6.42 Å². The van der Waals surface area contributed by atoms with Crippen molar-refractivity contribution in [2.45, 2.75) is 13.3 Å². The Morgan fingerprint density at radius 2 is 2.06 bits per heavy atom. The summed E-state index contributed by atoms with van der Waals surface area (Å²) >= 11 is 1.65. The Balaban J connectivity index is 2.21. The molecule has 0 aliphatic heterocycles. The fourth-order valence-corrected chi connectivity index (χ4v) is 3.20. The van der Waals surface area contributed by atoms with Gasteiger partial charge in [-0.1, -0.05) is 29.8 Å². The fourth-order valence-electron chi connectivity index (χ4n) is 2.11. The van der Waals surface area contributed by atoms with Crippen molar-refractivity contribution in [2.75, 3.05) is 6.61 Å². The van der Waals surface area contributed by atoms with Crippen LogP contribution in [0.1, 0.15) is 10.4 Å². The third-order valence-electron chi connectivity index (χ3n) is 2.99. The maximum absolute atomic E-state index is 9.17. The second kappa shape index (κ2) is 4.55. The molecule has 2 heterocycles. The molecule has 3 rings (SSSR count). The van der Waals surface area contributed by atoms with Crippen molar-refractivity contribution in [3.63, 3.8) is 0 Å². The van der Waals surface area contributed by atoms with Crippen LogP contribution in [0.15, 0.2) is 36.7 Å². The minimum atomic E-state index is 0.169. The smallest absolute Gasteiger partial charge is 0.194 e. The molecule has 3 nitrogen and oxygen atoms in total. The lowest BCUT2D eigenvalue weighted by atomic mass is 10.1. The number of aromatic nitrogens is 2. The van der Waals surface area contributed by atoms with Crippen LogP contribution in [0.3, 0.4) is 0 Å². The highest BCUT2D eigenvalue weighted by Crippen LogP contribution is 2.31. The lowest BCUT2D eigenvalue weighted by Crippen LogP contribution is -1.93. The van der Waals surface area contributed by atoms with E-state index in [1.165, 1.54) is 16.0 Å². The molecule has 0 aliphatic rings. The molecule has 0 spiro atoms. The van der Waals surface area contributed by atoms with E-state index in [0.717, 1.165) is 10.7 Å². The number of aliphatic hydroxyl groups excluding tert-OH is 1. The van der Waals surface area contributed by atoms with Crippen molar-refractivity contribution < 1.29 is 5.11 Å². The molecule has 4 heteroatoms. The number of thiazole rings is 1. The molecule has 0 saturated carbocycles. The van der Waals surface area contributed by atoms with Gasteiger partial charge in [-0.2, -0.15) is 0 Å². The quantitative estimate of drug-likeness (QED) is 0.784. The first-order valence-electron chi connectivity index (χ1n) is 5.92. The van der Waals surface area contributed by atoms with E-state index in [1.54, 1.807) is 11.3 Å². The minimum absolute atomic E-state index is 0.169. The molecule has 1 N–H and O–H groups in total. The Labute approximate surface area is 109 Å². The summed E-state index contributed by atoms with van der Waals surface area (Å²) < 4.78 is 2.10. The van der Waals surface area contributed by atoms with Crippen LogP contribution < -0.4 is 0 Å². The van der Waals surface area contributed by atoms with Gasteiger partial charge in [-0.05, 0) is 12.5 Å². The van der Waals surface area contributed by atoms with Crippen LogP contribution >= 0.6 is 11.3 Å². The first kappa shape index (κ1) is 11.4. The summed E-state index contributed by atoms with van der Waals surface area (Å²) in [6, 6.07) is 8.46. The van der Waals surface area contributed by atoms with Gasteiger partial charge in [-0.25, -0.2) is 4.98 Å². The molecular formula is C14H14N2OS. The highest BCUT2D eigenvalue weighted by molar-refractivity contribution is 7.17. The molecule has 0 saturated heterocycles. The van der Waals surface area contributed by atoms with Gasteiger partial charge in [0.1, 0.15) is 0 Å². The SMILES string of the molecule is Cc1ccc(-c2c(CCO)sc3nccn23)cc1. The number of fused-ring (bicyclic) bond motifs is 1. The number of aliphatic hydroxyl groups is 1. The Morgan fingerprint density at radius 3 is 2.78 bits per heavy atom. The molecule has 0 aliphatic carbocycles. The van der Waals surface area contributed by atoms with Crippen molar-refractivity contribution in [3.8, 4) is 11.3 Å². The van der Waals surface area contributed by atoms with E-state index >= 15 is 0 Å². The Bertz CT molecular complexity index is 667. The second-order valence-electron chi connectivity index (χ2n) is 4.29. The zero-order valence-electron chi connectivity index (χ0n) is 10.1. The van der Waals surface area contributed by atoms with Gasteiger partial charge in [0.15, 0.2) is 4.96 Å². The van der Waals surface area contributed by atoms with Crippen molar-refractivity contribution >= 4 is 16.3 Å². The molecule has 0 unspecified atom stereocenters. The average molecular weight is 258 g/mol. The molecule has 2 aromatic heterocycles. The summed E-state index contributed by atoms with van der Waals surface area (Å²) in [5.41, 5.74) is 3.58. The summed E-state index contributed by atoms with van der Waals surface area (Å²) in [6.07, 6.45) is 4.46. The third-order valence-corrected chi connectivity index (χ3v) is 4.12. The first-order valence-corrected chi connectivity index (χ1v) is 6.74. The van der Waals surface area contributed by atoms with Crippen molar-refractivity contribution in [3.05, 3.63) is 47.1 Å². The molecule has 0 amide bonds. The van der Waals surface area contributed by atoms with Gasteiger partial charge in [-0.3, -0.25) is 4.40 Å². The number of aryl methyl sites for hydroxylation is 1. The van der Waals surface area contributed by atoms with Gasteiger partial charge in [-0.15, -0.1) is 11.3 Å². The normalized spacial score (nSPS) is 11.2. The second-order valence-corrected chi connectivity index (χ2v) is 5.36. The molecule has 3 aromatic rings. The fraction of sp³-hybridized carbons (Fsp3) is 0.214. The predicted molar refractivity (Wildman–Crippen MR) is 74.0 cm³/mol. The standard InChI is InChI=1S/C14H14N2OS/c1-10-2-4-11(5-3-10)13-12(6-9-17)18-14-15-7-8-16(13)14/h2-5,7-8,17H,6,9H2,1H3. The largest absolute Gasteiger partial charge is 0.396 e. The zero-order valence-corrected chi connectivity index (χ0v) is 10.9. The monoisotopic (exact) mass is 258 g/mol. The maximum atomic E-state index is 9.17. The average Bonchev–Trinajstić information content (AvgIpc) is 2.91. The van der Waals surface area contributed by atoms with Gasteiger partial charge < -0.3 is 5.11 Å². The van der Waals surface area contributed by atoms with E-state index < -0.39 is 0 Å². The van der Waals surface area contributed by atoms with Crippen LogP contribution in [0.25, 0.3) is 16.2 Å². The Hall–Kier alpha value is -1.65. The molecule has 0 radical (unpaired) electrons. The van der Waals surface area contributed by atoms with Crippen LogP contribution in [0.5, 0.6) is 0 Å². The summed E-state index contributed by atoms with van der Waals surface area (Å²) in [4.78, 5) is 6.49. The van der Waals surface area contributed by atoms with Gasteiger partial charge in [0.05, 0.1) is 5.69 Å². The van der Waals surface area contributed by atoms with Gasteiger partial charge in [0.25, 0.3) is 0 Å². The van der Waals surface area contributed by atoms with E-state index in [4.69, 9.17) is 0 Å². The minimum Gasteiger partial charge on any atom is -0.396 e. The number of hydrogen-bond donors (Lipinski definition) is 1. The summed E-state index contributed by atoms with van der Waals surface area (Å²) in [6.45, 7) is 2.25. The van der Waals surface area contributed by atoms with E-state index in [-0.39, 0.29) is 6.61 Å². The van der Waals surface area contributed by atoms with Crippen LogP contribution in [0, 0.1) is 6.92 Å². The molecule has 0 fully saturated rings. The third kappa shape index (κ3) is 1.83. The number of benzene rings is 1. The van der Waals surface area contributed by atoms with E-state index in [9.17, 15) is 5.11 Å². The lowest BCUT2D eigenvalue weighted by Gasteiger charge is -2.04. The van der Waals surface area contributed by atoms with Crippen molar-refractivity contribution in [1.29, 1.82) is 0 Å². The Morgan fingerprint density at radius 1 is 1.28 bits per heavy atom.